The van der Waals surface area contributed by atoms with Crippen LogP contribution in [0.2, 0.25) is 0 Å². The van der Waals surface area contributed by atoms with Crippen LogP contribution in [0.15, 0.2) is 76.2 Å². The Morgan fingerprint density at radius 2 is 1.71 bits per heavy atom. The predicted molar refractivity (Wildman–Crippen MR) is 97.3 cm³/mol. The van der Waals surface area contributed by atoms with Crippen LogP contribution in [0.5, 0.6) is 0 Å². The molecule has 1 aliphatic rings. The lowest BCUT2D eigenvalue weighted by Gasteiger charge is -2.15. The molecular weight excluding hydrogens is 320 g/mol. The second kappa shape index (κ2) is 8.57. The van der Waals surface area contributed by atoms with Crippen LogP contribution in [0.1, 0.15) is 12.8 Å². The van der Waals surface area contributed by atoms with Gasteiger partial charge in [0, 0.05) is 16.0 Å². The quantitative estimate of drug-likeness (QED) is 0.851. The fourth-order valence-electron chi connectivity index (χ4n) is 2.38. The molecule has 1 aliphatic heterocycles. The first-order valence-electron chi connectivity index (χ1n) is 7.96. The minimum atomic E-state index is -0.227. The zero-order valence-corrected chi connectivity index (χ0v) is 14.1. The predicted octanol–water partition coefficient (Wildman–Crippen LogP) is 4.65. The van der Waals surface area contributed by atoms with E-state index in [2.05, 4.69) is 22.8 Å². The number of ether oxygens (including phenoxy) is 1. The molecule has 0 radical (unpaired) electrons. The standard InChI is InChI=1S/C19H20N2O2S/c22-19(20-14-15-10-12-23-13-11-15)21-17-8-4-5-9-18(17)24-16-6-2-1-3-7-16/h1-9,14H,10-13H2,(H2,20,21,22). The van der Waals surface area contributed by atoms with E-state index in [1.807, 2.05) is 42.5 Å². The third kappa shape index (κ3) is 4.88. The number of carbonyl (C=O) groups excluding carboxylic acids is 1. The van der Waals surface area contributed by atoms with E-state index in [0.717, 1.165) is 41.5 Å². The van der Waals surface area contributed by atoms with Crippen molar-refractivity contribution in [3.8, 4) is 0 Å². The number of hydrogen-bond donors (Lipinski definition) is 2. The molecule has 124 valence electrons. The normalized spacial score (nSPS) is 14.1. The number of urea groups is 1. The third-order valence-electron chi connectivity index (χ3n) is 3.65. The highest BCUT2D eigenvalue weighted by molar-refractivity contribution is 7.99. The number of benzene rings is 2. The molecule has 2 aromatic carbocycles. The number of anilines is 1. The van der Waals surface area contributed by atoms with E-state index in [9.17, 15) is 4.79 Å². The first kappa shape index (κ1) is 16.6. The zero-order chi connectivity index (χ0) is 16.6. The van der Waals surface area contributed by atoms with E-state index in [-0.39, 0.29) is 6.03 Å². The molecule has 0 aromatic heterocycles. The highest BCUT2D eigenvalue weighted by Gasteiger charge is 2.08. The molecule has 2 aromatic rings. The highest BCUT2D eigenvalue weighted by atomic mass is 32.2. The van der Waals surface area contributed by atoms with E-state index in [1.54, 1.807) is 18.0 Å². The second-order valence-electron chi connectivity index (χ2n) is 5.42. The van der Waals surface area contributed by atoms with Gasteiger partial charge in [-0.05, 0) is 42.7 Å². The molecule has 3 rings (SSSR count). The number of carbonyl (C=O) groups is 1. The molecule has 5 heteroatoms. The Hall–Kier alpha value is -2.24. The first-order chi connectivity index (χ1) is 11.8. The van der Waals surface area contributed by atoms with Crippen molar-refractivity contribution in [1.29, 1.82) is 0 Å². The average Bonchev–Trinajstić information content (AvgIpc) is 2.63. The fraction of sp³-hybridized carbons (Fsp3) is 0.211. The van der Waals surface area contributed by atoms with Gasteiger partial charge in [0.15, 0.2) is 0 Å². The lowest BCUT2D eigenvalue weighted by molar-refractivity contribution is 0.119. The molecule has 0 atom stereocenters. The summed E-state index contributed by atoms with van der Waals surface area (Å²) < 4.78 is 5.30. The Bertz CT molecular complexity index is 708. The molecule has 2 amide bonds. The Kier molecular flexibility index (Phi) is 5.93. The van der Waals surface area contributed by atoms with Crippen molar-refractivity contribution in [2.45, 2.75) is 22.6 Å². The van der Waals surface area contributed by atoms with Gasteiger partial charge >= 0.3 is 6.03 Å². The summed E-state index contributed by atoms with van der Waals surface area (Å²) >= 11 is 1.63. The van der Waals surface area contributed by atoms with Crippen molar-refractivity contribution in [2.75, 3.05) is 18.5 Å². The number of hydrogen-bond acceptors (Lipinski definition) is 3. The topological polar surface area (TPSA) is 50.4 Å². The minimum absolute atomic E-state index is 0.227. The van der Waals surface area contributed by atoms with Gasteiger partial charge in [0.05, 0.1) is 18.9 Å². The molecule has 0 aliphatic carbocycles. The van der Waals surface area contributed by atoms with Gasteiger partial charge in [-0.2, -0.15) is 0 Å². The summed E-state index contributed by atoms with van der Waals surface area (Å²) in [5.74, 6) is 0. The van der Waals surface area contributed by atoms with Crippen LogP contribution in [0.25, 0.3) is 0 Å². The summed E-state index contributed by atoms with van der Waals surface area (Å²) in [7, 11) is 0. The SMILES string of the molecule is O=C(NC=C1CCOCC1)Nc1ccccc1Sc1ccccc1. The van der Waals surface area contributed by atoms with Crippen molar-refractivity contribution in [3.05, 3.63) is 66.4 Å². The third-order valence-corrected chi connectivity index (χ3v) is 4.73. The van der Waals surface area contributed by atoms with Gasteiger partial charge in [0.2, 0.25) is 0 Å². The van der Waals surface area contributed by atoms with Gasteiger partial charge in [0.25, 0.3) is 0 Å². The van der Waals surface area contributed by atoms with Gasteiger partial charge < -0.3 is 15.4 Å². The molecule has 24 heavy (non-hydrogen) atoms. The number of rotatable bonds is 4. The Labute approximate surface area is 146 Å². The Balaban J connectivity index is 1.63. The van der Waals surface area contributed by atoms with Crippen molar-refractivity contribution in [1.82, 2.24) is 5.32 Å². The van der Waals surface area contributed by atoms with Gasteiger partial charge in [-0.15, -0.1) is 0 Å². The summed E-state index contributed by atoms with van der Waals surface area (Å²) in [5, 5.41) is 5.74. The molecule has 2 N–H and O–H groups in total. The summed E-state index contributed by atoms with van der Waals surface area (Å²) in [4.78, 5) is 14.3. The molecule has 1 fully saturated rings. The fourth-order valence-corrected chi connectivity index (χ4v) is 3.30. The van der Waals surface area contributed by atoms with E-state index in [0.29, 0.717) is 0 Å². The van der Waals surface area contributed by atoms with Crippen LogP contribution < -0.4 is 10.6 Å². The molecular formula is C19H20N2O2S. The minimum Gasteiger partial charge on any atom is -0.381 e. The second-order valence-corrected chi connectivity index (χ2v) is 6.54. The van der Waals surface area contributed by atoms with E-state index >= 15 is 0 Å². The zero-order valence-electron chi connectivity index (χ0n) is 13.3. The molecule has 0 unspecified atom stereocenters. The van der Waals surface area contributed by atoms with E-state index in [4.69, 9.17) is 4.74 Å². The maximum atomic E-state index is 12.2. The molecule has 0 spiro atoms. The summed E-state index contributed by atoms with van der Waals surface area (Å²) in [6.45, 7) is 1.46. The molecule has 4 nitrogen and oxygen atoms in total. The van der Waals surface area contributed by atoms with E-state index in [1.165, 1.54) is 5.57 Å². The summed E-state index contributed by atoms with van der Waals surface area (Å²) in [5.41, 5.74) is 2.01. The van der Waals surface area contributed by atoms with Gasteiger partial charge in [-0.3, -0.25) is 0 Å². The Morgan fingerprint density at radius 3 is 2.50 bits per heavy atom. The van der Waals surface area contributed by atoms with Gasteiger partial charge in [-0.25, -0.2) is 4.79 Å². The summed E-state index contributed by atoms with van der Waals surface area (Å²) in [6, 6.07) is 17.7. The smallest absolute Gasteiger partial charge is 0.323 e. The summed E-state index contributed by atoms with van der Waals surface area (Å²) in [6.07, 6.45) is 3.55. The maximum Gasteiger partial charge on any atom is 0.323 e. The van der Waals surface area contributed by atoms with Crippen molar-refractivity contribution in [2.24, 2.45) is 0 Å². The van der Waals surface area contributed by atoms with Gasteiger partial charge in [-0.1, -0.05) is 42.1 Å². The molecule has 1 saturated heterocycles. The maximum absolute atomic E-state index is 12.2. The van der Waals surface area contributed by atoms with Crippen LogP contribution >= 0.6 is 11.8 Å². The van der Waals surface area contributed by atoms with E-state index < -0.39 is 0 Å². The van der Waals surface area contributed by atoms with Crippen LogP contribution in [-0.2, 0) is 4.74 Å². The number of nitrogens with one attached hydrogen (secondary N) is 2. The number of amides is 2. The van der Waals surface area contributed by atoms with Crippen molar-refractivity contribution in [3.63, 3.8) is 0 Å². The molecule has 1 heterocycles. The highest BCUT2D eigenvalue weighted by Crippen LogP contribution is 2.33. The number of para-hydroxylation sites is 1. The molecule has 0 saturated carbocycles. The van der Waals surface area contributed by atoms with Gasteiger partial charge in [0.1, 0.15) is 0 Å². The van der Waals surface area contributed by atoms with Crippen LogP contribution in [0.4, 0.5) is 10.5 Å². The Morgan fingerprint density at radius 1 is 1.00 bits per heavy atom. The monoisotopic (exact) mass is 340 g/mol. The van der Waals surface area contributed by atoms with Crippen molar-refractivity contribution >= 4 is 23.5 Å². The lowest BCUT2D eigenvalue weighted by atomic mass is 10.1. The molecule has 0 bridgehead atoms. The van der Waals surface area contributed by atoms with Crippen LogP contribution in [-0.4, -0.2) is 19.2 Å². The largest absolute Gasteiger partial charge is 0.381 e. The van der Waals surface area contributed by atoms with Crippen molar-refractivity contribution < 1.29 is 9.53 Å². The van der Waals surface area contributed by atoms with Crippen LogP contribution in [0.3, 0.4) is 0 Å². The first-order valence-corrected chi connectivity index (χ1v) is 8.78. The van der Waals surface area contributed by atoms with Crippen LogP contribution in [0, 0.1) is 0 Å². The average molecular weight is 340 g/mol. The lowest BCUT2D eigenvalue weighted by Crippen LogP contribution is -2.25.